The van der Waals surface area contributed by atoms with Crippen LogP contribution < -0.4 is 10.0 Å². The summed E-state index contributed by atoms with van der Waals surface area (Å²) in [6, 6.07) is 11.0. The Balaban J connectivity index is 1.92. The third-order valence-electron chi connectivity index (χ3n) is 6.71. The lowest BCUT2D eigenvalue weighted by molar-refractivity contribution is -0.857. The van der Waals surface area contributed by atoms with E-state index < -0.39 is 23.5 Å². The van der Waals surface area contributed by atoms with Crippen molar-refractivity contribution in [2.24, 2.45) is 0 Å². The summed E-state index contributed by atoms with van der Waals surface area (Å²) in [4.78, 5) is 33.8. The average Bonchev–Trinajstić information content (AvgIpc) is 3.26. The van der Waals surface area contributed by atoms with Crippen molar-refractivity contribution in [2.75, 3.05) is 27.2 Å². The van der Waals surface area contributed by atoms with E-state index in [1.165, 1.54) is 0 Å². The molecule has 0 saturated carbocycles. The number of Topliss-reactive ketones (excluding diaryl/α,β-unsaturated/α-hetero) is 1. The Bertz CT molecular complexity index is 1330. The summed E-state index contributed by atoms with van der Waals surface area (Å²) in [6.07, 6.45) is 1.78. The van der Waals surface area contributed by atoms with Crippen LogP contribution in [0.4, 0.5) is 0 Å². The maximum absolute atomic E-state index is 14.0. The van der Waals surface area contributed by atoms with Crippen molar-refractivity contribution in [2.45, 2.75) is 46.1 Å². The van der Waals surface area contributed by atoms with E-state index >= 15 is 0 Å². The van der Waals surface area contributed by atoms with Gasteiger partial charge in [0.05, 0.1) is 44.6 Å². The predicted octanol–water partition coefficient (Wildman–Crippen LogP) is 1.62. The highest BCUT2D eigenvalue weighted by Gasteiger charge is 2.44. The topological polar surface area (TPSA) is 82.2 Å². The summed E-state index contributed by atoms with van der Waals surface area (Å²) >= 11 is 0. The molecule has 0 aliphatic carbocycles. The molecule has 0 radical (unpaired) electrons. The molecule has 184 valence electrons. The summed E-state index contributed by atoms with van der Waals surface area (Å²) in [5.41, 5.74) is 4.33. The number of amides is 1. The van der Waals surface area contributed by atoms with Gasteiger partial charge in [0.1, 0.15) is 5.65 Å². The van der Waals surface area contributed by atoms with E-state index in [2.05, 4.69) is 25.8 Å². The third kappa shape index (κ3) is 4.36. The van der Waals surface area contributed by atoms with Gasteiger partial charge in [-0.05, 0) is 42.0 Å². The highest BCUT2D eigenvalue weighted by molar-refractivity contribution is 6.46. The molecule has 7 heteroatoms. The van der Waals surface area contributed by atoms with E-state index in [1.54, 1.807) is 22.4 Å². The van der Waals surface area contributed by atoms with Gasteiger partial charge in [-0.1, -0.05) is 56.9 Å². The predicted molar refractivity (Wildman–Crippen MR) is 134 cm³/mol. The molecule has 1 fully saturated rings. The van der Waals surface area contributed by atoms with Gasteiger partial charge in [0.15, 0.2) is 0 Å². The zero-order valence-electron chi connectivity index (χ0n) is 21.6. The SMILES string of the molecule is Cc1nc2c(C)cccn2c1C([O-])=C1C(=O)C(=O)N(CC[NH+](C)C)C1c1ccc(C(C)(C)C)cc1. The lowest BCUT2D eigenvalue weighted by atomic mass is 9.85. The number of pyridine rings is 1. The van der Waals surface area contributed by atoms with Crippen LogP contribution in [0.1, 0.15) is 54.9 Å². The largest absolute Gasteiger partial charge is 0.871 e. The summed E-state index contributed by atoms with van der Waals surface area (Å²) < 4.78 is 1.73. The molecule has 0 bridgehead atoms. The zero-order valence-corrected chi connectivity index (χ0v) is 21.6. The van der Waals surface area contributed by atoms with Crippen molar-refractivity contribution in [1.82, 2.24) is 14.3 Å². The first-order valence-electron chi connectivity index (χ1n) is 12.0. The minimum atomic E-state index is -0.731. The number of benzene rings is 1. The quantitative estimate of drug-likeness (QED) is 0.346. The summed E-state index contributed by atoms with van der Waals surface area (Å²) in [6.45, 7) is 11.1. The van der Waals surface area contributed by atoms with Gasteiger partial charge < -0.3 is 19.3 Å². The number of hydrogen-bond acceptors (Lipinski definition) is 4. The molecule has 2 aromatic heterocycles. The first-order valence-corrected chi connectivity index (χ1v) is 12.0. The highest BCUT2D eigenvalue weighted by atomic mass is 16.3. The van der Waals surface area contributed by atoms with E-state index in [0.717, 1.165) is 21.6 Å². The molecule has 1 unspecified atom stereocenters. The van der Waals surface area contributed by atoms with Crippen molar-refractivity contribution >= 4 is 23.1 Å². The fraction of sp³-hybridized carbons (Fsp3) is 0.393. The van der Waals surface area contributed by atoms with Gasteiger partial charge in [0.2, 0.25) is 5.78 Å². The van der Waals surface area contributed by atoms with E-state index in [0.29, 0.717) is 30.1 Å². The molecule has 1 saturated heterocycles. The van der Waals surface area contributed by atoms with Gasteiger partial charge in [0.25, 0.3) is 5.91 Å². The number of nitrogens with one attached hydrogen (secondary N) is 1. The van der Waals surface area contributed by atoms with Crippen LogP contribution in [0.25, 0.3) is 11.4 Å². The van der Waals surface area contributed by atoms with Crippen molar-refractivity contribution < 1.29 is 19.6 Å². The van der Waals surface area contributed by atoms with Gasteiger partial charge in [0, 0.05) is 11.8 Å². The first-order chi connectivity index (χ1) is 16.4. The lowest BCUT2D eigenvalue weighted by Crippen LogP contribution is -3.06. The molecule has 1 amide bonds. The molecule has 35 heavy (non-hydrogen) atoms. The van der Waals surface area contributed by atoms with E-state index in [-0.39, 0.29) is 11.0 Å². The van der Waals surface area contributed by atoms with Crippen LogP contribution in [-0.2, 0) is 15.0 Å². The van der Waals surface area contributed by atoms with Crippen LogP contribution in [0.2, 0.25) is 0 Å². The van der Waals surface area contributed by atoms with Gasteiger partial charge in [-0.3, -0.25) is 9.59 Å². The number of aromatic nitrogens is 2. The Morgan fingerprint density at radius 2 is 1.74 bits per heavy atom. The number of hydrogen-bond donors (Lipinski definition) is 1. The molecular weight excluding hydrogens is 440 g/mol. The second kappa shape index (κ2) is 8.96. The van der Waals surface area contributed by atoms with Gasteiger partial charge in [-0.25, -0.2) is 4.98 Å². The molecule has 1 aliphatic heterocycles. The molecular formula is C28H34N4O3. The Morgan fingerprint density at radius 1 is 1.09 bits per heavy atom. The van der Waals surface area contributed by atoms with Crippen LogP contribution in [-0.4, -0.2) is 53.2 Å². The van der Waals surface area contributed by atoms with Crippen LogP contribution >= 0.6 is 0 Å². The summed E-state index contributed by atoms with van der Waals surface area (Å²) in [5, 5.41) is 14.0. The van der Waals surface area contributed by atoms with Crippen LogP contribution in [0.3, 0.4) is 0 Å². The van der Waals surface area contributed by atoms with Gasteiger partial charge >= 0.3 is 0 Å². The smallest absolute Gasteiger partial charge is 0.295 e. The number of imidazole rings is 1. The van der Waals surface area contributed by atoms with Crippen LogP contribution in [0.5, 0.6) is 0 Å². The molecule has 0 spiro atoms. The molecule has 1 atom stereocenters. The number of nitrogens with zero attached hydrogens (tertiary/aromatic N) is 3. The number of rotatable bonds is 5. The van der Waals surface area contributed by atoms with Crippen molar-refractivity contribution in [3.8, 4) is 0 Å². The molecule has 1 aliphatic rings. The lowest BCUT2D eigenvalue weighted by Gasteiger charge is -2.28. The average molecular weight is 475 g/mol. The molecule has 3 aromatic rings. The van der Waals surface area contributed by atoms with E-state index in [4.69, 9.17) is 0 Å². The molecule has 7 nitrogen and oxygen atoms in total. The van der Waals surface area contributed by atoms with Crippen LogP contribution in [0, 0.1) is 13.8 Å². The monoisotopic (exact) mass is 474 g/mol. The van der Waals surface area contributed by atoms with Crippen molar-refractivity contribution in [1.29, 1.82) is 0 Å². The Morgan fingerprint density at radius 3 is 2.34 bits per heavy atom. The normalized spacial score (nSPS) is 18.3. The van der Waals surface area contributed by atoms with Crippen LogP contribution in [0.15, 0.2) is 48.2 Å². The summed E-state index contributed by atoms with van der Waals surface area (Å²) in [5.74, 6) is -1.79. The Hall–Kier alpha value is -3.45. The summed E-state index contributed by atoms with van der Waals surface area (Å²) in [7, 11) is 3.99. The number of quaternary nitrogens is 1. The number of likely N-dealkylation sites (tertiary alicyclic amines) is 1. The molecule has 4 rings (SSSR count). The Kier molecular flexibility index (Phi) is 6.32. The molecule has 1 N–H and O–H groups in total. The second-order valence-electron chi connectivity index (χ2n) is 10.7. The number of ketones is 1. The van der Waals surface area contributed by atoms with Gasteiger partial charge in [-0.2, -0.15) is 0 Å². The maximum Gasteiger partial charge on any atom is 0.295 e. The first kappa shape index (κ1) is 24.7. The second-order valence-corrected chi connectivity index (χ2v) is 10.7. The number of carbonyl (C=O) groups is 2. The van der Waals surface area contributed by atoms with E-state index in [1.807, 2.05) is 57.4 Å². The number of carbonyl (C=O) groups excluding carboxylic acids is 2. The number of likely N-dealkylation sites (N-methyl/N-ethyl adjacent to an activating group) is 1. The fourth-order valence-electron chi connectivity index (χ4n) is 4.68. The minimum absolute atomic E-state index is 0.00123. The Labute approximate surface area is 206 Å². The third-order valence-corrected chi connectivity index (χ3v) is 6.71. The maximum atomic E-state index is 14.0. The number of fused-ring (bicyclic) bond motifs is 1. The van der Waals surface area contributed by atoms with Crippen molar-refractivity contribution in [3.05, 3.63) is 76.2 Å². The number of aryl methyl sites for hydroxylation is 2. The zero-order chi connectivity index (χ0) is 25.7. The van der Waals surface area contributed by atoms with E-state index in [9.17, 15) is 14.7 Å². The highest BCUT2D eigenvalue weighted by Crippen LogP contribution is 2.39. The molecule has 3 heterocycles. The minimum Gasteiger partial charge on any atom is -0.871 e. The standard InChI is InChI=1S/C28H34N4O3/c1-17-9-8-14-31-22(18(2)29-26(17)31)24(33)21-23(19-10-12-20(13-11-19)28(3,4)5)32(16-15-30(6)7)27(35)25(21)34/h8-14,23,33H,15-16H2,1-7H3. The van der Waals surface area contributed by atoms with Crippen molar-refractivity contribution in [3.63, 3.8) is 0 Å². The fourth-order valence-corrected chi connectivity index (χ4v) is 4.68. The molecule has 1 aromatic carbocycles. The van der Waals surface area contributed by atoms with Gasteiger partial charge in [-0.15, -0.1) is 0 Å².